The van der Waals surface area contributed by atoms with Crippen molar-refractivity contribution in [3.05, 3.63) is 48.8 Å². The number of rotatable bonds is 3. The summed E-state index contributed by atoms with van der Waals surface area (Å²) in [5, 5.41) is 18.4. The summed E-state index contributed by atoms with van der Waals surface area (Å²) >= 11 is 0. The first-order valence-corrected chi connectivity index (χ1v) is 11.8. The second-order valence-electron chi connectivity index (χ2n) is 10.3. The van der Waals surface area contributed by atoms with Gasteiger partial charge in [0.05, 0.1) is 41.6 Å². The van der Waals surface area contributed by atoms with Crippen molar-refractivity contribution in [2.75, 3.05) is 4.90 Å². The summed E-state index contributed by atoms with van der Waals surface area (Å²) in [6.07, 6.45) is 16.7. The van der Waals surface area contributed by atoms with Gasteiger partial charge in [0.25, 0.3) is 0 Å². The van der Waals surface area contributed by atoms with Crippen molar-refractivity contribution < 1.29 is 0 Å². The number of nitrogens with two attached hydrogens (primary N) is 1. The molecule has 2 aliphatic carbocycles. The number of hydrogen-bond acceptors (Lipinski definition) is 7. The summed E-state index contributed by atoms with van der Waals surface area (Å²) in [6.45, 7) is 0. The molecule has 4 aliphatic rings. The summed E-state index contributed by atoms with van der Waals surface area (Å²) in [6, 6.07) is 5.21. The molecule has 2 atom stereocenters. The number of fused-ring (bicyclic) bond motifs is 1. The van der Waals surface area contributed by atoms with E-state index in [1.165, 1.54) is 19.3 Å². The molecule has 2 saturated heterocycles. The molecule has 170 valence electrons. The fraction of sp³-hybridized carbons (Fsp3) is 0.400. The molecule has 2 N–H and O–H groups in total. The van der Waals surface area contributed by atoms with Crippen LogP contribution in [0, 0.1) is 17.2 Å². The van der Waals surface area contributed by atoms with E-state index in [-0.39, 0.29) is 5.54 Å². The number of anilines is 1. The molecule has 4 aromatic heterocycles. The van der Waals surface area contributed by atoms with Gasteiger partial charge in [-0.1, -0.05) is 0 Å². The molecular formula is C25H25N9. The van der Waals surface area contributed by atoms with E-state index < -0.39 is 0 Å². The van der Waals surface area contributed by atoms with E-state index in [9.17, 15) is 5.26 Å². The van der Waals surface area contributed by atoms with Crippen LogP contribution in [0.5, 0.6) is 0 Å². The Morgan fingerprint density at radius 1 is 1.00 bits per heavy atom. The van der Waals surface area contributed by atoms with E-state index in [1.54, 1.807) is 15.4 Å². The Morgan fingerprint density at radius 2 is 1.82 bits per heavy atom. The first kappa shape index (κ1) is 19.7. The lowest BCUT2D eigenvalue weighted by molar-refractivity contribution is 0.0647. The SMILES string of the molecule is Cn1cc(-c2cc(-c3cnc(N4C5CC6CC4CC(N)(C6)C5)cn3)c3c(C#N)cnn3c2)cn1. The second kappa shape index (κ2) is 6.87. The van der Waals surface area contributed by atoms with Crippen molar-refractivity contribution >= 4 is 11.3 Å². The third-order valence-electron chi connectivity index (χ3n) is 7.93. The third kappa shape index (κ3) is 2.88. The zero-order valence-electron chi connectivity index (χ0n) is 19.0. The quantitative estimate of drug-likeness (QED) is 0.509. The van der Waals surface area contributed by atoms with E-state index in [1.807, 2.05) is 44.1 Å². The summed E-state index contributed by atoms with van der Waals surface area (Å²) < 4.78 is 3.51. The average Bonchev–Trinajstić information content (AvgIpc) is 3.43. The Balaban J connectivity index is 1.30. The monoisotopic (exact) mass is 451 g/mol. The summed E-state index contributed by atoms with van der Waals surface area (Å²) in [7, 11) is 1.89. The third-order valence-corrected chi connectivity index (χ3v) is 7.93. The normalized spacial score (nSPS) is 27.4. The van der Waals surface area contributed by atoms with Gasteiger partial charge in [-0.25, -0.2) is 9.50 Å². The topological polar surface area (TPSA) is 114 Å². The maximum absolute atomic E-state index is 9.67. The molecule has 34 heavy (non-hydrogen) atoms. The molecule has 4 bridgehead atoms. The Morgan fingerprint density at radius 3 is 2.47 bits per heavy atom. The molecular weight excluding hydrogens is 426 g/mol. The molecule has 2 aliphatic heterocycles. The summed E-state index contributed by atoms with van der Waals surface area (Å²) in [5.74, 6) is 1.68. The number of aryl methyl sites for hydroxylation is 1. The van der Waals surface area contributed by atoms with Crippen molar-refractivity contribution in [1.82, 2.24) is 29.4 Å². The minimum Gasteiger partial charge on any atom is -0.349 e. The van der Waals surface area contributed by atoms with Crippen LogP contribution < -0.4 is 10.6 Å². The lowest BCUT2D eigenvalue weighted by Crippen LogP contribution is -2.67. The van der Waals surface area contributed by atoms with Gasteiger partial charge in [-0.3, -0.25) is 9.67 Å². The zero-order chi connectivity index (χ0) is 23.0. The highest BCUT2D eigenvalue weighted by Crippen LogP contribution is 2.51. The van der Waals surface area contributed by atoms with Gasteiger partial charge in [0, 0.05) is 53.8 Å². The number of pyridine rings is 1. The molecule has 9 nitrogen and oxygen atoms in total. The van der Waals surface area contributed by atoms with Crippen LogP contribution in [0.4, 0.5) is 5.82 Å². The molecule has 0 spiro atoms. The summed E-state index contributed by atoms with van der Waals surface area (Å²) in [5.41, 5.74) is 11.4. The first-order chi connectivity index (χ1) is 16.5. The molecule has 4 fully saturated rings. The minimum absolute atomic E-state index is 0.00834. The molecule has 2 saturated carbocycles. The Bertz CT molecular complexity index is 1440. The number of nitrogens with zero attached hydrogens (tertiary/aromatic N) is 8. The highest BCUT2D eigenvalue weighted by Gasteiger charge is 2.53. The number of piperidine rings is 2. The van der Waals surface area contributed by atoms with E-state index in [0.717, 1.165) is 52.5 Å². The van der Waals surface area contributed by atoms with Crippen LogP contribution in [0.3, 0.4) is 0 Å². The standard InChI is InChI=1S/C25H25N9/c1-32-13-18(10-30-32)16-4-21(24-17(8-26)9-31-33(24)14-16)22-11-29-23(12-28-22)34-19-2-15-3-20(34)7-25(27,5-15)6-19/h4,9-15,19-20H,2-3,5-7,27H2,1H3. The fourth-order valence-electron chi connectivity index (χ4n) is 6.78. The highest BCUT2D eigenvalue weighted by molar-refractivity contribution is 5.86. The fourth-order valence-corrected chi connectivity index (χ4v) is 6.78. The van der Waals surface area contributed by atoms with Crippen LogP contribution in [-0.4, -0.2) is 47.0 Å². The van der Waals surface area contributed by atoms with Gasteiger partial charge in [-0.05, 0) is 44.1 Å². The predicted octanol–water partition coefficient (Wildman–Crippen LogP) is 2.91. The van der Waals surface area contributed by atoms with Crippen LogP contribution >= 0.6 is 0 Å². The molecule has 9 heteroatoms. The van der Waals surface area contributed by atoms with Crippen molar-refractivity contribution in [3.63, 3.8) is 0 Å². The van der Waals surface area contributed by atoms with Crippen molar-refractivity contribution in [2.24, 2.45) is 18.7 Å². The van der Waals surface area contributed by atoms with Gasteiger partial charge in [0.1, 0.15) is 11.9 Å². The Hall–Kier alpha value is -3.77. The largest absolute Gasteiger partial charge is 0.349 e. The van der Waals surface area contributed by atoms with Crippen LogP contribution in [-0.2, 0) is 7.05 Å². The van der Waals surface area contributed by atoms with Gasteiger partial charge < -0.3 is 10.6 Å². The van der Waals surface area contributed by atoms with Crippen molar-refractivity contribution in [1.29, 1.82) is 5.26 Å². The number of nitriles is 1. The molecule has 4 aromatic rings. The number of aromatic nitrogens is 6. The van der Waals surface area contributed by atoms with Crippen molar-refractivity contribution in [2.45, 2.75) is 49.7 Å². The van der Waals surface area contributed by atoms with Crippen molar-refractivity contribution in [3.8, 4) is 28.5 Å². The number of hydrogen-bond donors (Lipinski definition) is 1. The van der Waals surface area contributed by atoms with Crippen LogP contribution in [0.25, 0.3) is 27.9 Å². The molecule has 0 aromatic carbocycles. The molecule has 0 radical (unpaired) electrons. The lowest BCUT2D eigenvalue weighted by atomic mass is 9.60. The first-order valence-electron chi connectivity index (χ1n) is 11.8. The van der Waals surface area contributed by atoms with Gasteiger partial charge >= 0.3 is 0 Å². The van der Waals surface area contributed by atoms with Gasteiger partial charge in [0.2, 0.25) is 0 Å². The summed E-state index contributed by atoms with van der Waals surface area (Å²) in [4.78, 5) is 12.2. The molecule has 8 rings (SSSR count). The maximum Gasteiger partial charge on any atom is 0.147 e. The van der Waals surface area contributed by atoms with Crippen LogP contribution in [0.1, 0.15) is 37.7 Å². The smallest absolute Gasteiger partial charge is 0.147 e. The Kier molecular flexibility index (Phi) is 3.98. The van der Waals surface area contributed by atoms with Crippen LogP contribution in [0.15, 0.2) is 43.2 Å². The highest BCUT2D eigenvalue weighted by atomic mass is 15.3. The molecule has 2 unspecified atom stereocenters. The minimum atomic E-state index is 0.00834. The van der Waals surface area contributed by atoms with Gasteiger partial charge in [-0.2, -0.15) is 15.5 Å². The van der Waals surface area contributed by atoms with E-state index in [2.05, 4.69) is 21.2 Å². The predicted molar refractivity (Wildman–Crippen MR) is 127 cm³/mol. The average molecular weight is 452 g/mol. The van der Waals surface area contributed by atoms with E-state index >= 15 is 0 Å². The maximum atomic E-state index is 9.67. The van der Waals surface area contributed by atoms with E-state index in [0.29, 0.717) is 17.6 Å². The zero-order valence-corrected chi connectivity index (χ0v) is 19.0. The lowest BCUT2D eigenvalue weighted by Gasteiger charge is -2.60. The molecule has 0 amide bonds. The van der Waals surface area contributed by atoms with Crippen LogP contribution in [0.2, 0.25) is 0 Å². The van der Waals surface area contributed by atoms with Gasteiger partial charge in [0.15, 0.2) is 0 Å². The van der Waals surface area contributed by atoms with Gasteiger partial charge in [-0.15, -0.1) is 0 Å². The van der Waals surface area contributed by atoms with E-state index in [4.69, 9.17) is 15.7 Å². The second-order valence-corrected chi connectivity index (χ2v) is 10.3. The Labute approximate surface area is 196 Å². The molecule has 6 heterocycles.